The van der Waals surface area contributed by atoms with Crippen LogP contribution in [0.1, 0.15) is 38.2 Å². The Morgan fingerprint density at radius 2 is 2.17 bits per heavy atom. The van der Waals surface area contributed by atoms with Crippen molar-refractivity contribution in [3.05, 3.63) is 29.8 Å². The quantitative estimate of drug-likeness (QED) is 0.813. The molecule has 1 amide bonds. The van der Waals surface area contributed by atoms with Crippen LogP contribution in [-0.2, 0) is 4.79 Å². The number of hydrogen-bond donors (Lipinski definition) is 1. The van der Waals surface area contributed by atoms with E-state index in [1.807, 2.05) is 12.1 Å². The maximum atomic E-state index is 12.1. The van der Waals surface area contributed by atoms with Gasteiger partial charge in [-0.05, 0) is 42.5 Å². The molecular formula is C19H24N2O3. The van der Waals surface area contributed by atoms with Crippen molar-refractivity contribution in [1.82, 2.24) is 5.32 Å². The van der Waals surface area contributed by atoms with Gasteiger partial charge in [-0.3, -0.25) is 4.79 Å². The van der Waals surface area contributed by atoms with E-state index in [-0.39, 0.29) is 18.6 Å². The molecule has 24 heavy (non-hydrogen) atoms. The van der Waals surface area contributed by atoms with Gasteiger partial charge in [-0.2, -0.15) is 5.26 Å². The van der Waals surface area contributed by atoms with Crippen molar-refractivity contribution in [1.29, 1.82) is 5.26 Å². The number of carbonyl (C=O) groups is 1. The summed E-state index contributed by atoms with van der Waals surface area (Å²) in [7, 11) is 1.54. The van der Waals surface area contributed by atoms with Gasteiger partial charge in [-0.15, -0.1) is 0 Å². The average Bonchev–Trinajstić information content (AvgIpc) is 2.60. The molecule has 1 aromatic rings. The maximum Gasteiger partial charge on any atom is 0.244 e. The molecule has 2 rings (SSSR count). The third kappa shape index (κ3) is 5.02. The van der Waals surface area contributed by atoms with E-state index in [9.17, 15) is 4.79 Å². The number of ether oxygens (including phenoxy) is 2. The Labute approximate surface area is 143 Å². The van der Waals surface area contributed by atoms with E-state index in [4.69, 9.17) is 14.7 Å². The molecule has 5 nitrogen and oxygen atoms in total. The van der Waals surface area contributed by atoms with Gasteiger partial charge in [0.2, 0.25) is 5.91 Å². The number of nitriles is 1. The first-order chi connectivity index (χ1) is 11.6. The largest absolute Gasteiger partial charge is 0.493 e. The Morgan fingerprint density at radius 1 is 1.38 bits per heavy atom. The van der Waals surface area contributed by atoms with E-state index in [2.05, 4.69) is 12.2 Å². The highest BCUT2D eigenvalue weighted by molar-refractivity contribution is 5.92. The number of methoxy groups -OCH3 is 1. The molecule has 5 heteroatoms. The third-order valence-corrected chi connectivity index (χ3v) is 4.35. The van der Waals surface area contributed by atoms with Gasteiger partial charge in [-0.25, -0.2) is 0 Å². The normalized spacial score (nSPS) is 20.4. The lowest BCUT2D eigenvalue weighted by Crippen LogP contribution is -2.40. The maximum absolute atomic E-state index is 12.1. The number of nitrogens with zero attached hydrogens (tertiary/aromatic N) is 1. The van der Waals surface area contributed by atoms with Crippen LogP contribution in [0.25, 0.3) is 6.08 Å². The highest BCUT2D eigenvalue weighted by Crippen LogP contribution is 2.28. The molecule has 1 aromatic carbocycles. The summed E-state index contributed by atoms with van der Waals surface area (Å²) in [5.41, 5.74) is 0.836. The molecule has 0 aliphatic heterocycles. The summed E-state index contributed by atoms with van der Waals surface area (Å²) in [4.78, 5) is 12.1. The van der Waals surface area contributed by atoms with Crippen molar-refractivity contribution >= 4 is 12.0 Å². The van der Waals surface area contributed by atoms with Crippen LogP contribution in [0.3, 0.4) is 0 Å². The Bertz CT molecular complexity index is 634. The molecule has 0 radical (unpaired) electrons. The Hall–Kier alpha value is -2.48. The van der Waals surface area contributed by atoms with Crippen molar-refractivity contribution in [2.24, 2.45) is 5.92 Å². The molecule has 1 saturated carbocycles. The lowest BCUT2D eigenvalue weighted by molar-refractivity contribution is -0.117. The van der Waals surface area contributed by atoms with E-state index in [1.165, 1.54) is 19.3 Å². The van der Waals surface area contributed by atoms with E-state index < -0.39 is 0 Å². The summed E-state index contributed by atoms with van der Waals surface area (Å²) < 4.78 is 10.5. The molecule has 0 saturated heterocycles. The fourth-order valence-electron chi connectivity index (χ4n) is 2.95. The van der Waals surface area contributed by atoms with Crippen LogP contribution < -0.4 is 14.8 Å². The van der Waals surface area contributed by atoms with Crippen molar-refractivity contribution in [3.8, 4) is 17.6 Å². The fourth-order valence-corrected chi connectivity index (χ4v) is 2.95. The van der Waals surface area contributed by atoms with Crippen LogP contribution in [0.2, 0.25) is 0 Å². The molecule has 128 valence electrons. The zero-order chi connectivity index (χ0) is 17.4. The highest BCUT2D eigenvalue weighted by atomic mass is 16.5. The van der Waals surface area contributed by atoms with Crippen molar-refractivity contribution < 1.29 is 14.3 Å². The molecule has 1 N–H and O–H groups in total. The van der Waals surface area contributed by atoms with E-state index in [0.29, 0.717) is 17.4 Å². The van der Waals surface area contributed by atoms with Gasteiger partial charge in [0.1, 0.15) is 6.07 Å². The fraction of sp³-hybridized carbons (Fsp3) is 0.474. The molecule has 1 fully saturated rings. The summed E-state index contributed by atoms with van der Waals surface area (Å²) in [5, 5.41) is 11.7. The second-order valence-corrected chi connectivity index (χ2v) is 6.07. The minimum atomic E-state index is -0.0717. The minimum absolute atomic E-state index is 0.0342. The Kier molecular flexibility index (Phi) is 6.68. The smallest absolute Gasteiger partial charge is 0.244 e. The molecule has 1 aliphatic rings. The third-order valence-electron chi connectivity index (χ3n) is 4.35. The van der Waals surface area contributed by atoms with Crippen LogP contribution in [0.5, 0.6) is 11.5 Å². The zero-order valence-electron chi connectivity index (χ0n) is 14.2. The van der Waals surface area contributed by atoms with Gasteiger partial charge < -0.3 is 14.8 Å². The summed E-state index contributed by atoms with van der Waals surface area (Å²) >= 11 is 0. The lowest BCUT2D eigenvalue weighted by Gasteiger charge is -2.29. The minimum Gasteiger partial charge on any atom is -0.493 e. The van der Waals surface area contributed by atoms with Crippen LogP contribution in [0.4, 0.5) is 0 Å². The molecule has 0 heterocycles. The van der Waals surface area contributed by atoms with Gasteiger partial charge in [0, 0.05) is 12.1 Å². The lowest BCUT2D eigenvalue weighted by atomic mass is 9.86. The second kappa shape index (κ2) is 8.97. The first-order valence-electron chi connectivity index (χ1n) is 8.30. The first kappa shape index (κ1) is 17.9. The average molecular weight is 328 g/mol. The molecule has 0 aromatic heterocycles. The number of nitrogens with one attached hydrogen (secondary N) is 1. The molecule has 2 atom stereocenters. The monoisotopic (exact) mass is 328 g/mol. The van der Waals surface area contributed by atoms with Gasteiger partial charge in [-0.1, -0.05) is 25.8 Å². The van der Waals surface area contributed by atoms with Crippen LogP contribution in [0, 0.1) is 17.2 Å². The first-order valence-corrected chi connectivity index (χ1v) is 8.30. The molecular weight excluding hydrogens is 304 g/mol. The number of hydrogen-bond acceptors (Lipinski definition) is 4. The van der Waals surface area contributed by atoms with Crippen molar-refractivity contribution in [2.75, 3.05) is 13.7 Å². The molecule has 0 unspecified atom stereocenters. The topological polar surface area (TPSA) is 71.3 Å². The zero-order valence-corrected chi connectivity index (χ0v) is 14.2. The predicted molar refractivity (Wildman–Crippen MR) is 92.7 cm³/mol. The SMILES string of the molecule is COc1cc(/C=C/C(=O)N[C@@H]2CCCC[C@H]2C)ccc1OCC#N. The van der Waals surface area contributed by atoms with Crippen molar-refractivity contribution in [3.63, 3.8) is 0 Å². The van der Waals surface area contributed by atoms with Gasteiger partial charge in [0.05, 0.1) is 7.11 Å². The van der Waals surface area contributed by atoms with Crippen molar-refractivity contribution in [2.45, 2.75) is 38.6 Å². The van der Waals surface area contributed by atoms with Crippen LogP contribution in [0.15, 0.2) is 24.3 Å². The Balaban J connectivity index is 1.97. The highest BCUT2D eigenvalue weighted by Gasteiger charge is 2.21. The van der Waals surface area contributed by atoms with Crippen LogP contribution >= 0.6 is 0 Å². The second-order valence-electron chi connectivity index (χ2n) is 6.07. The summed E-state index contributed by atoms with van der Waals surface area (Å²) in [6.45, 7) is 2.16. The summed E-state index contributed by atoms with van der Waals surface area (Å²) in [5.74, 6) is 1.51. The van der Waals surface area contributed by atoms with Crippen LogP contribution in [-0.4, -0.2) is 25.7 Å². The standard InChI is InChI=1S/C19H24N2O3/c1-14-5-3-4-6-16(14)21-19(22)10-8-15-7-9-17(24-12-11-20)18(13-15)23-2/h7-10,13-14,16H,3-6,12H2,1-2H3,(H,21,22)/b10-8+/t14-,16-/m1/s1. The van der Waals surface area contributed by atoms with Gasteiger partial charge >= 0.3 is 0 Å². The number of amides is 1. The predicted octanol–water partition coefficient (Wildman–Crippen LogP) is 3.31. The number of rotatable bonds is 6. The molecule has 0 spiro atoms. The summed E-state index contributed by atoms with van der Waals surface area (Å²) in [6, 6.07) is 7.52. The summed E-state index contributed by atoms with van der Waals surface area (Å²) in [6.07, 6.45) is 7.96. The van der Waals surface area contributed by atoms with Gasteiger partial charge in [0.15, 0.2) is 18.1 Å². The molecule has 1 aliphatic carbocycles. The van der Waals surface area contributed by atoms with E-state index in [1.54, 1.807) is 31.4 Å². The van der Waals surface area contributed by atoms with E-state index >= 15 is 0 Å². The van der Waals surface area contributed by atoms with E-state index in [0.717, 1.165) is 12.0 Å². The van der Waals surface area contributed by atoms with Gasteiger partial charge in [0.25, 0.3) is 0 Å². The number of benzene rings is 1. The number of carbonyl (C=O) groups excluding carboxylic acids is 1. The molecule has 0 bridgehead atoms. The Morgan fingerprint density at radius 3 is 2.88 bits per heavy atom.